The Morgan fingerprint density at radius 1 is 1.56 bits per heavy atom. The molecule has 1 heterocycles. The number of H-pyrrole nitrogens is 1. The molecule has 2 rings (SSSR count). The van der Waals surface area contributed by atoms with Gasteiger partial charge in [-0.05, 0) is 31.6 Å². The van der Waals surface area contributed by atoms with Crippen molar-refractivity contribution in [1.82, 2.24) is 14.9 Å². The van der Waals surface area contributed by atoms with Gasteiger partial charge in [-0.25, -0.2) is 13.1 Å². The lowest BCUT2D eigenvalue weighted by atomic mass is 10.0. The van der Waals surface area contributed by atoms with Gasteiger partial charge >= 0.3 is 0 Å². The SMILES string of the molecule is COCCC1(CNS(=O)(=O)c2cn[nH]c2C)CC1. The highest BCUT2D eigenvalue weighted by atomic mass is 32.2. The van der Waals surface area contributed by atoms with Crippen LogP contribution in [-0.4, -0.2) is 38.9 Å². The van der Waals surface area contributed by atoms with E-state index in [-0.39, 0.29) is 10.3 Å². The molecule has 1 aliphatic carbocycles. The topological polar surface area (TPSA) is 84.1 Å². The molecule has 7 heteroatoms. The zero-order valence-corrected chi connectivity index (χ0v) is 11.5. The largest absolute Gasteiger partial charge is 0.385 e. The van der Waals surface area contributed by atoms with E-state index in [0.29, 0.717) is 18.8 Å². The number of hydrogen-bond acceptors (Lipinski definition) is 4. The molecule has 18 heavy (non-hydrogen) atoms. The fraction of sp³-hybridized carbons (Fsp3) is 0.727. The minimum absolute atomic E-state index is 0.0979. The second-order valence-corrected chi connectivity index (χ2v) is 6.66. The summed E-state index contributed by atoms with van der Waals surface area (Å²) < 4.78 is 31.8. The molecule has 1 fully saturated rings. The molecule has 0 saturated heterocycles. The van der Waals surface area contributed by atoms with Gasteiger partial charge in [-0.3, -0.25) is 5.10 Å². The van der Waals surface area contributed by atoms with Gasteiger partial charge < -0.3 is 4.74 Å². The van der Waals surface area contributed by atoms with Crippen LogP contribution >= 0.6 is 0 Å². The van der Waals surface area contributed by atoms with Crippen molar-refractivity contribution in [2.24, 2.45) is 5.41 Å². The Labute approximate surface area is 107 Å². The van der Waals surface area contributed by atoms with E-state index in [1.807, 2.05) is 0 Å². The summed E-state index contributed by atoms with van der Waals surface area (Å²) in [5.74, 6) is 0. The number of aromatic amines is 1. The van der Waals surface area contributed by atoms with Gasteiger partial charge in [0.25, 0.3) is 0 Å². The van der Waals surface area contributed by atoms with Gasteiger partial charge in [0.1, 0.15) is 4.90 Å². The lowest BCUT2D eigenvalue weighted by Crippen LogP contribution is -2.31. The third-order valence-electron chi connectivity index (χ3n) is 3.50. The number of aryl methyl sites for hydroxylation is 1. The lowest BCUT2D eigenvalue weighted by Gasteiger charge is -2.15. The Morgan fingerprint density at radius 2 is 2.28 bits per heavy atom. The third kappa shape index (κ3) is 2.90. The first-order valence-electron chi connectivity index (χ1n) is 5.98. The fourth-order valence-corrected chi connectivity index (χ4v) is 3.24. The van der Waals surface area contributed by atoms with E-state index in [9.17, 15) is 8.42 Å². The van der Waals surface area contributed by atoms with E-state index < -0.39 is 10.0 Å². The van der Waals surface area contributed by atoms with Crippen LogP contribution in [0.1, 0.15) is 25.0 Å². The number of sulfonamides is 1. The molecule has 0 atom stereocenters. The van der Waals surface area contributed by atoms with Gasteiger partial charge in [0.15, 0.2) is 0 Å². The Morgan fingerprint density at radius 3 is 2.78 bits per heavy atom. The number of nitrogens with zero attached hydrogens (tertiary/aromatic N) is 1. The van der Waals surface area contributed by atoms with Gasteiger partial charge in [-0.1, -0.05) is 0 Å². The molecule has 1 aromatic heterocycles. The monoisotopic (exact) mass is 273 g/mol. The van der Waals surface area contributed by atoms with Crippen molar-refractivity contribution in [2.75, 3.05) is 20.3 Å². The summed E-state index contributed by atoms with van der Waals surface area (Å²) in [7, 11) is -1.79. The predicted molar refractivity (Wildman–Crippen MR) is 66.7 cm³/mol. The molecular weight excluding hydrogens is 254 g/mol. The summed E-state index contributed by atoms with van der Waals surface area (Å²) in [5, 5.41) is 6.37. The van der Waals surface area contributed by atoms with Crippen molar-refractivity contribution in [2.45, 2.75) is 31.1 Å². The summed E-state index contributed by atoms with van der Waals surface area (Å²) in [5.41, 5.74) is 0.657. The molecule has 1 aliphatic rings. The van der Waals surface area contributed by atoms with Crippen molar-refractivity contribution < 1.29 is 13.2 Å². The van der Waals surface area contributed by atoms with Crippen molar-refractivity contribution in [3.63, 3.8) is 0 Å². The standard InChI is InChI=1S/C11H19N3O3S/c1-9-10(7-12-14-9)18(15,16)13-8-11(3-4-11)5-6-17-2/h7,13H,3-6,8H2,1-2H3,(H,12,14). The maximum atomic E-state index is 12.1. The minimum atomic E-state index is -3.45. The molecule has 0 radical (unpaired) electrons. The highest BCUT2D eigenvalue weighted by molar-refractivity contribution is 7.89. The molecule has 0 bridgehead atoms. The van der Waals surface area contributed by atoms with Gasteiger partial charge in [-0.15, -0.1) is 0 Å². The van der Waals surface area contributed by atoms with E-state index in [0.717, 1.165) is 19.3 Å². The molecule has 102 valence electrons. The minimum Gasteiger partial charge on any atom is -0.385 e. The van der Waals surface area contributed by atoms with Crippen LogP contribution in [0.15, 0.2) is 11.1 Å². The van der Waals surface area contributed by atoms with Gasteiger partial charge in [-0.2, -0.15) is 5.10 Å². The zero-order valence-electron chi connectivity index (χ0n) is 10.7. The highest BCUT2D eigenvalue weighted by Crippen LogP contribution is 2.48. The Kier molecular flexibility index (Phi) is 3.74. The summed E-state index contributed by atoms with van der Waals surface area (Å²) in [6.07, 6.45) is 4.36. The molecule has 0 spiro atoms. The Hall–Kier alpha value is -0.920. The lowest BCUT2D eigenvalue weighted by molar-refractivity contribution is 0.173. The van der Waals surface area contributed by atoms with Crippen molar-refractivity contribution in [3.05, 3.63) is 11.9 Å². The molecule has 0 unspecified atom stereocenters. The number of aromatic nitrogens is 2. The van der Waals surface area contributed by atoms with E-state index in [2.05, 4.69) is 14.9 Å². The smallest absolute Gasteiger partial charge is 0.243 e. The Bertz CT molecular complexity index is 505. The molecule has 1 aromatic rings. The first kappa shape index (κ1) is 13.5. The van der Waals surface area contributed by atoms with E-state index in [1.54, 1.807) is 14.0 Å². The first-order chi connectivity index (χ1) is 8.49. The zero-order chi connectivity index (χ0) is 13.2. The van der Waals surface area contributed by atoms with Crippen molar-refractivity contribution in [1.29, 1.82) is 0 Å². The van der Waals surface area contributed by atoms with Crippen LogP contribution < -0.4 is 4.72 Å². The van der Waals surface area contributed by atoms with E-state index in [1.165, 1.54) is 6.20 Å². The molecule has 2 N–H and O–H groups in total. The number of nitrogens with one attached hydrogen (secondary N) is 2. The van der Waals surface area contributed by atoms with Crippen LogP contribution in [0, 0.1) is 12.3 Å². The average Bonchev–Trinajstić information content (AvgIpc) is 2.98. The number of rotatable bonds is 7. The maximum Gasteiger partial charge on any atom is 0.243 e. The first-order valence-corrected chi connectivity index (χ1v) is 7.46. The van der Waals surface area contributed by atoms with Gasteiger partial charge in [0, 0.05) is 20.3 Å². The van der Waals surface area contributed by atoms with Crippen LogP contribution in [-0.2, 0) is 14.8 Å². The second-order valence-electron chi connectivity index (χ2n) is 4.93. The van der Waals surface area contributed by atoms with E-state index in [4.69, 9.17) is 4.74 Å². The molecule has 0 aliphatic heterocycles. The van der Waals surface area contributed by atoms with Crippen molar-refractivity contribution in [3.8, 4) is 0 Å². The normalized spacial score (nSPS) is 17.9. The van der Waals surface area contributed by atoms with Crippen LogP contribution in [0.5, 0.6) is 0 Å². The molecule has 0 amide bonds. The fourth-order valence-electron chi connectivity index (χ4n) is 1.95. The van der Waals surface area contributed by atoms with Crippen LogP contribution in [0.25, 0.3) is 0 Å². The maximum absolute atomic E-state index is 12.1. The van der Waals surface area contributed by atoms with E-state index >= 15 is 0 Å². The van der Waals surface area contributed by atoms with Gasteiger partial charge in [0.2, 0.25) is 10.0 Å². The quantitative estimate of drug-likeness (QED) is 0.770. The molecule has 6 nitrogen and oxygen atoms in total. The molecule has 0 aromatic carbocycles. The number of methoxy groups -OCH3 is 1. The van der Waals surface area contributed by atoms with Crippen LogP contribution in [0.2, 0.25) is 0 Å². The number of hydrogen-bond donors (Lipinski definition) is 2. The molecular formula is C11H19N3O3S. The Balaban J connectivity index is 1.96. The van der Waals surface area contributed by atoms with Gasteiger partial charge in [0.05, 0.1) is 11.9 Å². The van der Waals surface area contributed by atoms with Crippen molar-refractivity contribution >= 4 is 10.0 Å². The number of ether oxygens (including phenoxy) is 1. The predicted octanol–water partition coefficient (Wildman–Crippen LogP) is 0.813. The highest BCUT2D eigenvalue weighted by Gasteiger charge is 2.42. The molecule has 1 saturated carbocycles. The third-order valence-corrected chi connectivity index (χ3v) is 5.02. The summed E-state index contributed by atoms with van der Waals surface area (Å²) in [6.45, 7) is 2.84. The van der Waals surface area contributed by atoms with Crippen LogP contribution in [0.4, 0.5) is 0 Å². The summed E-state index contributed by atoms with van der Waals surface area (Å²) in [4.78, 5) is 0.227. The summed E-state index contributed by atoms with van der Waals surface area (Å²) >= 11 is 0. The average molecular weight is 273 g/mol. The second kappa shape index (κ2) is 4.99. The van der Waals surface area contributed by atoms with Crippen LogP contribution in [0.3, 0.4) is 0 Å². The summed E-state index contributed by atoms with van der Waals surface area (Å²) in [6, 6.07) is 0.